The second-order valence-corrected chi connectivity index (χ2v) is 6.33. The molecule has 0 aromatic heterocycles. The number of nitrogens with zero attached hydrogens (tertiary/aromatic N) is 1. The van der Waals surface area contributed by atoms with Crippen molar-refractivity contribution in [2.24, 2.45) is 0 Å². The van der Waals surface area contributed by atoms with E-state index < -0.39 is 12.0 Å². The van der Waals surface area contributed by atoms with Crippen molar-refractivity contribution >= 4 is 23.5 Å². The Morgan fingerprint density at radius 3 is 2.43 bits per heavy atom. The lowest BCUT2D eigenvalue weighted by atomic mass is 10.1. The molecule has 0 radical (unpaired) electrons. The van der Waals surface area contributed by atoms with Crippen LogP contribution < -0.4 is 5.32 Å². The third-order valence-corrected chi connectivity index (χ3v) is 4.33. The van der Waals surface area contributed by atoms with E-state index in [2.05, 4.69) is 10.2 Å². The number of rotatable bonds is 7. The summed E-state index contributed by atoms with van der Waals surface area (Å²) in [6, 6.07) is 5.45. The van der Waals surface area contributed by atoms with E-state index in [0.717, 1.165) is 26.1 Å². The Bertz CT molecular complexity index is 527. The summed E-state index contributed by atoms with van der Waals surface area (Å²) in [6.45, 7) is 3.10. The van der Waals surface area contributed by atoms with Gasteiger partial charge in [-0.3, -0.25) is 4.79 Å². The van der Waals surface area contributed by atoms with E-state index >= 15 is 0 Å². The van der Waals surface area contributed by atoms with Crippen LogP contribution in [0.2, 0.25) is 5.02 Å². The lowest BCUT2D eigenvalue weighted by Gasteiger charge is -2.26. The molecule has 1 aliphatic rings. The van der Waals surface area contributed by atoms with Crippen LogP contribution in [0.4, 0.5) is 0 Å². The van der Waals surface area contributed by atoms with E-state index in [-0.39, 0.29) is 5.91 Å². The molecule has 5 nitrogen and oxygen atoms in total. The van der Waals surface area contributed by atoms with Crippen LogP contribution >= 0.6 is 11.6 Å². The summed E-state index contributed by atoms with van der Waals surface area (Å²) in [7, 11) is 0. The summed E-state index contributed by atoms with van der Waals surface area (Å²) in [4.78, 5) is 25.8. The smallest absolute Gasteiger partial charge is 0.330 e. The predicted molar refractivity (Wildman–Crippen MR) is 89.5 cm³/mol. The number of piperidine rings is 1. The molecule has 2 rings (SSSR count). The Kier molecular flexibility index (Phi) is 6.86. The van der Waals surface area contributed by atoms with Crippen LogP contribution in [0.25, 0.3) is 0 Å². The Labute approximate surface area is 141 Å². The number of carbonyl (C=O) groups is 2. The Morgan fingerprint density at radius 1 is 1.17 bits per heavy atom. The monoisotopic (exact) mass is 338 g/mol. The van der Waals surface area contributed by atoms with Crippen molar-refractivity contribution in [1.29, 1.82) is 0 Å². The van der Waals surface area contributed by atoms with E-state index in [0.29, 0.717) is 17.0 Å². The van der Waals surface area contributed by atoms with Gasteiger partial charge in [0.2, 0.25) is 5.91 Å². The highest BCUT2D eigenvalue weighted by Gasteiger charge is 2.22. The van der Waals surface area contributed by atoms with Crippen LogP contribution in [0.1, 0.15) is 43.7 Å². The number of aliphatic carboxylic acids is 1. The van der Waals surface area contributed by atoms with Gasteiger partial charge in [-0.25, -0.2) is 4.79 Å². The standard InChI is InChI=1S/C17H23ClN2O3/c18-14-8-6-13(7-9-14)16(17(22)23)19-15(21)5-4-12-20-10-2-1-3-11-20/h6-9,16H,1-5,10-12H2,(H,19,21)(H,22,23)/t16-/m1/s1. The molecule has 1 heterocycles. The number of amides is 1. The summed E-state index contributed by atoms with van der Waals surface area (Å²) in [6.07, 6.45) is 4.83. The highest BCUT2D eigenvalue weighted by atomic mass is 35.5. The maximum absolute atomic E-state index is 12.0. The number of likely N-dealkylation sites (tertiary alicyclic amines) is 1. The van der Waals surface area contributed by atoms with Gasteiger partial charge in [0.25, 0.3) is 0 Å². The number of hydrogen-bond acceptors (Lipinski definition) is 3. The molecule has 1 fully saturated rings. The maximum atomic E-state index is 12.0. The number of carbonyl (C=O) groups excluding carboxylic acids is 1. The molecule has 0 saturated carbocycles. The van der Waals surface area contributed by atoms with Gasteiger partial charge in [0.15, 0.2) is 6.04 Å². The zero-order valence-corrected chi connectivity index (χ0v) is 13.9. The van der Waals surface area contributed by atoms with Crippen molar-refractivity contribution < 1.29 is 14.7 Å². The molecule has 1 aromatic carbocycles. The zero-order chi connectivity index (χ0) is 16.7. The first kappa shape index (κ1) is 17.8. The molecule has 1 saturated heterocycles. The Balaban J connectivity index is 1.81. The lowest BCUT2D eigenvalue weighted by molar-refractivity contribution is -0.142. The SMILES string of the molecule is O=C(CCCN1CCCCC1)N[C@@H](C(=O)O)c1ccc(Cl)cc1. The summed E-state index contributed by atoms with van der Waals surface area (Å²) >= 11 is 5.80. The van der Waals surface area contributed by atoms with Crippen LogP contribution in [0.15, 0.2) is 24.3 Å². The fraction of sp³-hybridized carbons (Fsp3) is 0.529. The zero-order valence-electron chi connectivity index (χ0n) is 13.1. The predicted octanol–water partition coefficient (Wildman–Crippen LogP) is 2.85. The molecule has 2 N–H and O–H groups in total. The highest BCUT2D eigenvalue weighted by Crippen LogP contribution is 2.17. The average molecular weight is 339 g/mol. The van der Waals surface area contributed by atoms with Crippen molar-refractivity contribution in [3.8, 4) is 0 Å². The highest BCUT2D eigenvalue weighted by molar-refractivity contribution is 6.30. The van der Waals surface area contributed by atoms with E-state index in [1.54, 1.807) is 24.3 Å². The van der Waals surface area contributed by atoms with Crippen molar-refractivity contribution in [3.05, 3.63) is 34.9 Å². The van der Waals surface area contributed by atoms with Gasteiger partial charge in [0, 0.05) is 11.4 Å². The fourth-order valence-corrected chi connectivity index (χ4v) is 2.95. The second kappa shape index (κ2) is 8.89. The number of carboxylic acids is 1. The summed E-state index contributed by atoms with van der Waals surface area (Å²) in [5.41, 5.74) is 0.520. The molecule has 1 amide bonds. The maximum Gasteiger partial charge on any atom is 0.330 e. The third-order valence-electron chi connectivity index (χ3n) is 4.08. The summed E-state index contributed by atoms with van der Waals surface area (Å²) in [5.74, 6) is -1.30. The lowest BCUT2D eigenvalue weighted by Crippen LogP contribution is -2.35. The van der Waals surface area contributed by atoms with Crippen LogP contribution in [0.5, 0.6) is 0 Å². The van der Waals surface area contributed by atoms with Gasteiger partial charge in [-0.05, 0) is 56.6 Å². The normalized spacial score (nSPS) is 16.7. The van der Waals surface area contributed by atoms with Gasteiger partial charge < -0.3 is 15.3 Å². The van der Waals surface area contributed by atoms with Gasteiger partial charge in [-0.15, -0.1) is 0 Å². The van der Waals surface area contributed by atoms with Crippen molar-refractivity contribution in [3.63, 3.8) is 0 Å². The van der Waals surface area contributed by atoms with Crippen LogP contribution in [-0.4, -0.2) is 41.5 Å². The molecule has 0 unspecified atom stereocenters. The quantitative estimate of drug-likeness (QED) is 0.802. The number of hydrogen-bond donors (Lipinski definition) is 2. The molecular weight excluding hydrogens is 316 g/mol. The second-order valence-electron chi connectivity index (χ2n) is 5.90. The van der Waals surface area contributed by atoms with Crippen molar-refractivity contribution in [2.45, 2.75) is 38.1 Å². The summed E-state index contributed by atoms with van der Waals surface area (Å²) in [5, 5.41) is 12.4. The molecular formula is C17H23ClN2O3. The van der Waals surface area contributed by atoms with Gasteiger partial charge in [0.05, 0.1) is 0 Å². The van der Waals surface area contributed by atoms with Crippen molar-refractivity contribution in [2.75, 3.05) is 19.6 Å². The Hall–Kier alpha value is -1.59. The molecule has 6 heteroatoms. The van der Waals surface area contributed by atoms with Crippen LogP contribution in [0.3, 0.4) is 0 Å². The van der Waals surface area contributed by atoms with E-state index in [1.165, 1.54) is 19.3 Å². The van der Waals surface area contributed by atoms with Crippen LogP contribution in [0, 0.1) is 0 Å². The number of benzene rings is 1. The topological polar surface area (TPSA) is 69.6 Å². The minimum atomic E-state index is -1.07. The number of carboxylic acid groups (broad SMARTS) is 1. The van der Waals surface area contributed by atoms with E-state index in [9.17, 15) is 14.7 Å². The average Bonchev–Trinajstić information content (AvgIpc) is 2.54. The first-order chi connectivity index (χ1) is 11.1. The first-order valence-corrected chi connectivity index (χ1v) is 8.44. The third kappa shape index (κ3) is 5.84. The Morgan fingerprint density at radius 2 is 1.83 bits per heavy atom. The molecule has 126 valence electrons. The molecule has 0 aliphatic carbocycles. The fourth-order valence-electron chi connectivity index (χ4n) is 2.82. The van der Waals surface area contributed by atoms with Gasteiger partial charge >= 0.3 is 5.97 Å². The minimum Gasteiger partial charge on any atom is -0.479 e. The van der Waals surface area contributed by atoms with Gasteiger partial charge in [-0.1, -0.05) is 30.2 Å². The minimum absolute atomic E-state index is 0.232. The molecule has 1 aromatic rings. The van der Waals surface area contributed by atoms with E-state index in [1.807, 2.05) is 0 Å². The molecule has 0 spiro atoms. The molecule has 0 bridgehead atoms. The molecule has 1 atom stereocenters. The molecule has 23 heavy (non-hydrogen) atoms. The van der Waals surface area contributed by atoms with Crippen LogP contribution in [-0.2, 0) is 9.59 Å². The first-order valence-electron chi connectivity index (χ1n) is 8.06. The summed E-state index contributed by atoms with van der Waals surface area (Å²) < 4.78 is 0. The number of halogens is 1. The van der Waals surface area contributed by atoms with Crippen molar-refractivity contribution in [1.82, 2.24) is 10.2 Å². The van der Waals surface area contributed by atoms with E-state index in [4.69, 9.17) is 11.6 Å². The van der Waals surface area contributed by atoms with Gasteiger partial charge in [0.1, 0.15) is 0 Å². The molecule has 1 aliphatic heterocycles. The number of nitrogens with one attached hydrogen (secondary N) is 1. The van der Waals surface area contributed by atoms with Gasteiger partial charge in [-0.2, -0.15) is 0 Å². The largest absolute Gasteiger partial charge is 0.479 e.